The van der Waals surface area contributed by atoms with Crippen molar-refractivity contribution in [2.75, 3.05) is 33.0 Å². The van der Waals surface area contributed by atoms with Crippen LogP contribution in [0.3, 0.4) is 0 Å². The van der Waals surface area contributed by atoms with Crippen LogP contribution in [-0.4, -0.2) is 287 Å². The second-order valence-electron chi connectivity index (χ2n) is 31.0. The molecule has 17 rings (SSSR count). The summed E-state index contributed by atoms with van der Waals surface area (Å²) in [6.07, 6.45) is -40.0. The molecule has 12 fully saturated rings. The predicted octanol–water partition coefficient (Wildman–Crippen LogP) is -3.32. The SMILES string of the molecule is C[C@@H]1O[C@H]2O[C@H]3[C@@H](OC[C@H](O)[C@@H]3O)OC(=O)[C@]34CCC(C)(C)C[C@H]3C3=CC[C@@H]5[C@@]6(C)C[C@H](O)[C@H](O[C@@H]7O[C@H](CO)[C@@H](O)[C@H](O)[C@H]7O[C@@H]7OC[C@H](OC(=O)CC(C)(O)CC(=O)O[C@@H]1[C@@H](O[C@@H]1O[C@H](CO)[C@@H](O)[C@H](O)[C@H]1O)[C@H]2O)[C@H](O)[C@H]7O)[C@@](C)(CO)[C@@H]6CC[C@@]5(C)[C@]3(C)CC4. The van der Waals surface area contributed by atoms with E-state index in [1.54, 1.807) is 0 Å². The van der Waals surface area contributed by atoms with Gasteiger partial charge in [0.15, 0.2) is 43.5 Å². The van der Waals surface area contributed by atoms with Gasteiger partial charge in [-0.25, -0.2) is 0 Å². The molecule has 0 aromatic heterocycles. The van der Waals surface area contributed by atoms with Gasteiger partial charge in [0.05, 0.1) is 75.2 Å². The number of aliphatic hydroxyl groups excluding tert-OH is 14. The van der Waals surface area contributed by atoms with Crippen LogP contribution in [0.15, 0.2) is 11.6 Å². The Morgan fingerprint density at radius 3 is 1.86 bits per heavy atom. The molecule has 1 unspecified atom stereocenters. The number of rotatable bonds is 5. The summed E-state index contributed by atoms with van der Waals surface area (Å²) in [4.78, 5) is 43.2. The minimum absolute atomic E-state index is 0.121. The molecule has 94 heavy (non-hydrogen) atoms. The summed E-state index contributed by atoms with van der Waals surface area (Å²) in [6, 6.07) is 0. The standard InChI is InChI=1S/C64H100O30/c1-26-47-48(90-53-45(79)42(76)39(73)31(21-65)87-53)46(80)54(85-26)92-49-38(72)30(69)23-83-55(49)94-57(81)64-15-13-58(2,3)17-28(64)27-9-10-35-60(5)18-29(68)51(61(6,25-67)34(60)11-12-63(35,8)62(27,7)14-16-64)93-56-50(43(77)40(74)32(22-66)88-56)91-52-44(78)41(75)33(24-84-52)86-36(70)19-59(4,82)20-37(71)89-47/h9,26,28-35,38-56,65-69,72-80,82H,10-25H2,1-8H3/t26-,28-,29-,30-,31+,32+,33-,34+,35+,38-,39+,40+,41-,42-,43-,44+,45+,46+,47-,48-,49+,50+,51-,52-,53-,54-,55-,56-,59?,60-,61-,62+,63+,64-/m0/s1. The largest absolute Gasteiger partial charge is 0.457 e. The summed E-state index contributed by atoms with van der Waals surface area (Å²) >= 11 is 0. The summed E-state index contributed by atoms with van der Waals surface area (Å²) in [7, 11) is 0. The van der Waals surface area contributed by atoms with E-state index in [2.05, 4.69) is 40.7 Å². The molecule has 34 atom stereocenters. The van der Waals surface area contributed by atoms with Gasteiger partial charge < -0.3 is 133 Å². The highest BCUT2D eigenvalue weighted by Crippen LogP contribution is 2.76. The molecule has 4 saturated carbocycles. The molecule has 0 aromatic carbocycles. The Morgan fingerprint density at radius 1 is 0.553 bits per heavy atom. The number of allylic oxidation sites excluding steroid dienone is 2. The maximum atomic E-state index is 15.6. The Morgan fingerprint density at radius 2 is 1.18 bits per heavy atom. The second kappa shape index (κ2) is 26.6. The Bertz CT molecular complexity index is 2750. The van der Waals surface area contributed by atoms with Crippen LogP contribution < -0.4 is 0 Å². The van der Waals surface area contributed by atoms with Gasteiger partial charge in [-0.3, -0.25) is 14.4 Å². The van der Waals surface area contributed by atoms with Crippen LogP contribution in [0, 0.1) is 50.2 Å². The molecule has 15 N–H and O–H groups in total. The molecule has 30 nitrogen and oxygen atoms in total. The lowest BCUT2D eigenvalue weighted by molar-refractivity contribution is -0.377. The maximum Gasteiger partial charge on any atom is 0.315 e. The average Bonchev–Trinajstić information content (AvgIpc) is 0.674. The van der Waals surface area contributed by atoms with Crippen LogP contribution >= 0.6 is 0 Å². The number of hydrogen-bond donors (Lipinski definition) is 15. The first-order chi connectivity index (χ1) is 44.0. The van der Waals surface area contributed by atoms with Gasteiger partial charge >= 0.3 is 17.9 Å². The molecular weight excluding hydrogens is 1250 g/mol. The minimum atomic E-state index is -2.33. The number of hydrogen-bond acceptors (Lipinski definition) is 30. The molecule has 12 bridgehead atoms. The quantitative estimate of drug-likeness (QED) is 0.0554. The van der Waals surface area contributed by atoms with Gasteiger partial charge in [-0.05, 0) is 111 Å². The van der Waals surface area contributed by atoms with Gasteiger partial charge in [0.2, 0.25) is 6.29 Å². The van der Waals surface area contributed by atoms with E-state index in [0.29, 0.717) is 51.4 Å². The first-order valence-corrected chi connectivity index (χ1v) is 33.2. The van der Waals surface area contributed by atoms with Crippen molar-refractivity contribution in [2.45, 2.75) is 285 Å². The number of esters is 3. The van der Waals surface area contributed by atoms with Crippen molar-refractivity contribution in [1.29, 1.82) is 0 Å². The lowest BCUT2D eigenvalue weighted by Crippen LogP contribution is -2.70. The van der Waals surface area contributed by atoms with Crippen molar-refractivity contribution >= 4 is 17.9 Å². The van der Waals surface area contributed by atoms with Crippen LogP contribution in [0.1, 0.15) is 126 Å². The lowest BCUT2D eigenvalue weighted by atomic mass is 9.33. The maximum absolute atomic E-state index is 15.6. The Balaban J connectivity index is 0.954. The Kier molecular flexibility index (Phi) is 20.5. The van der Waals surface area contributed by atoms with Crippen molar-refractivity contribution in [3.05, 3.63) is 11.6 Å². The van der Waals surface area contributed by atoms with Crippen LogP contribution in [-0.2, 0) is 71.2 Å². The van der Waals surface area contributed by atoms with Crippen molar-refractivity contribution in [3.8, 4) is 0 Å². The van der Waals surface area contributed by atoms with Crippen LogP contribution in [0.4, 0.5) is 0 Å². The summed E-state index contributed by atoms with van der Waals surface area (Å²) < 4.78 is 72.5. The first-order valence-electron chi connectivity index (χ1n) is 33.2. The Hall–Kier alpha value is -2.81. The van der Waals surface area contributed by atoms with Gasteiger partial charge in [-0.2, -0.15) is 0 Å². The molecule has 12 aliphatic heterocycles. The zero-order valence-electron chi connectivity index (χ0n) is 54.4. The third kappa shape index (κ3) is 12.4. The molecule has 30 heteroatoms. The van der Waals surface area contributed by atoms with E-state index in [0.717, 1.165) is 12.5 Å². The number of carbonyl (C=O) groups excluding carboxylic acids is 3. The molecule has 0 aromatic rings. The molecule has 0 amide bonds. The third-order valence-electron chi connectivity index (χ3n) is 24.4. The van der Waals surface area contributed by atoms with Gasteiger partial charge in [-0.1, -0.05) is 53.2 Å². The van der Waals surface area contributed by atoms with Gasteiger partial charge in [0.25, 0.3) is 0 Å². The van der Waals surface area contributed by atoms with Gasteiger partial charge in [-0.15, -0.1) is 0 Å². The summed E-state index contributed by atoms with van der Waals surface area (Å²) in [5, 5.41) is 170. The monoisotopic (exact) mass is 1350 g/mol. The Labute approximate surface area is 544 Å². The summed E-state index contributed by atoms with van der Waals surface area (Å²) in [5.74, 6) is -4.01. The average molecular weight is 1350 g/mol. The minimum Gasteiger partial charge on any atom is -0.457 e. The molecule has 5 aliphatic carbocycles. The zero-order chi connectivity index (χ0) is 68.5. The van der Waals surface area contributed by atoms with Crippen LogP contribution in [0.5, 0.6) is 0 Å². The zero-order valence-corrected chi connectivity index (χ0v) is 54.4. The normalized spacial score (nSPS) is 54.3. The number of aliphatic hydroxyl groups is 15. The number of ether oxygens (including phenoxy) is 12. The molecule has 536 valence electrons. The van der Waals surface area contributed by atoms with Crippen LogP contribution in [0.25, 0.3) is 0 Å². The fourth-order valence-corrected chi connectivity index (χ4v) is 18.8. The molecule has 8 saturated heterocycles. The molecular formula is C64H100O30. The highest BCUT2D eigenvalue weighted by Gasteiger charge is 2.72. The third-order valence-corrected chi connectivity index (χ3v) is 24.4. The fourth-order valence-electron chi connectivity index (χ4n) is 18.8. The van der Waals surface area contributed by atoms with Crippen molar-refractivity contribution in [3.63, 3.8) is 0 Å². The second-order valence-corrected chi connectivity index (χ2v) is 31.0. The number of carbonyl (C=O) groups is 3. The van der Waals surface area contributed by atoms with Crippen LogP contribution in [0.2, 0.25) is 0 Å². The van der Waals surface area contributed by atoms with Crippen molar-refractivity contribution < 1.29 is 148 Å². The fraction of sp³-hybridized carbons (Fsp3) is 0.922. The topological polar surface area (TPSA) is 465 Å². The summed E-state index contributed by atoms with van der Waals surface area (Å²) in [5.41, 5.74) is -5.62. The van der Waals surface area contributed by atoms with Crippen molar-refractivity contribution in [2.24, 2.45) is 50.2 Å². The molecule has 12 heterocycles. The lowest BCUT2D eigenvalue weighted by Gasteiger charge is -2.72. The van der Waals surface area contributed by atoms with Gasteiger partial charge in [0, 0.05) is 5.41 Å². The van der Waals surface area contributed by atoms with E-state index < -0.39 is 256 Å². The molecule has 17 aliphatic rings. The van der Waals surface area contributed by atoms with E-state index >= 15 is 4.79 Å². The van der Waals surface area contributed by atoms with Crippen molar-refractivity contribution in [1.82, 2.24) is 0 Å². The van der Waals surface area contributed by atoms with E-state index in [4.69, 9.17) is 56.8 Å². The first kappa shape index (κ1) is 72.4. The van der Waals surface area contributed by atoms with E-state index in [1.807, 2.05) is 6.92 Å². The molecule has 1 spiro atoms. The van der Waals surface area contributed by atoms with E-state index in [1.165, 1.54) is 6.92 Å². The smallest absolute Gasteiger partial charge is 0.315 e. The highest BCUT2D eigenvalue weighted by molar-refractivity contribution is 5.79. The highest BCUT2D eigenvalue weighted by atomic mass is 16.8. The summed E-state index contributed by atoms with van der Waals surface area (Å²) in [6.45, 7) is 11.7. The van der Waals surface area contributed by atoms with Gasteiger partial charge in [0.1, 0.15) is 85.5 Å². The van der Waals surface area contributed by atoms with E-state index in [9.17, 15) is 86.2 Å². The molecule has 0 radical (unpaired) electrons. The van der Waals surface area contributed by atoms with E-state index in [-0.39, 0.29) is 23.7 Å². The predicted molar refractivity (Wildman–Crippen MR) is 312 cm³/mol.